The van der Waals surface area contributed by atoms with E-state index in [0.717, 1.165) is 23.5 Å². The van der Waals surface area contributed by atoms with Crippen LogP contribution in [0.2, 0.25) is 0 Å². The summed E-state index contributed by atoms with van der Waals surface area (Å²) < 4.78 is 2.02. The normalized spacial score (nSPS) is 10.6. The quantitative estimate of drug-likeness (QED) is 0.579. The number of halogens is 1. The van der Waals surface area contributed by atoms with Gasteiger partial charge in [0.15, 0.2) is 0 Å². The topological polar surface area (TPSA) is 102 Å². The molecule has 1 aromatic heterocycles. The molecule has 0 saturated heterocycles. The van der Waals surface area contributed by atoms with E-state index in [2.05, 4.69) is 29.6 Å². The van der Waals surface area contributed by atoms with Crippen LogP contribution in [0.15, 0.2) is 24.3 Å². The van der Waals surface area contributed by atoms with Gasteiger partial charge in [0, 0.05) is 31.7 Å². The first-order valence-corrected chi connectivity index (χ1v) is 9.73. The zero-order valence-corrected chi connectivity index (χ0v) is 18.4. The molecule has 0 spiro atoms. The van der Waals surface area contributed by atoms with Gasteiger partial charge in [-0.15, -0.1) is 12.4 Å². The standard InChI is InChI=1S/C21H31N5O2.ClH/c1-14(2)13-26-16(4)17(15(3)25-26)9-10-20(27)24-19-8-6-5-7-18(19)21(28)23-12-11-22;/h5-8,14H,9-13,22H2,1-4H3,(H,23,28)(H,24,27);1H. The second-order valence-corrected chi connectivity index (χ2v) is 7.36. The van der Waals surface area contributed by atoms with Gasteiger partial charge in [-0.05, 0) is 43.9 Å². The average Bonchev–Trinajstić information content (AvgIpc) is 2.91. The molecule has 1 heterocycles. The van der Waals surface area contributed by atoms with Crippen molar-refractivity contribution in [1.29, 1.82) is 0 Å². The van der Waals surface area contributed by atoms with Crippen LogP contribution in [0.1, 0.15) is 47.6 Å². The number of carbonyl (C=O) groups is 2. The van der Waals surface area contributed by atoms with Gasteiger partial charge in [-0.3, -0.25) is 14.3 Å². The van der Waals surface area contributed by atoms with Gasteiger partial charge in [0.05, 0.1) is 16.9 Å². The smallest absolute Gasteiger partial charge is 0.253 e. The van der Waals surface area contributed by atoms with Crippen LogP contribution >= 0.6 is 12.4 Å². The van der Waals surface area contributed by atoms with Gasteiger partial charge >= 0.3 is 0 Å². The summed E-state index contributed by atoms with van der Waals surface area (Å²) in [6.45, 7) is 9.96. The van der Waals surface area contributed by atoms with Crippen LogP contribution in [0.5, 0.6) is 0 Å². The summed E-state index contributed by atoms with van der Waals surface area (Å²) in [5.74, 6) is 0.133. The van der Waals surface area contributed by atoms with Crippen LogP contribution in [0.3, 0.4) is 0 Å². The molecule has 0 radical (unpaired) electrons. The molecule has 2 amide bonds. The highest BCUT2D eigenvalue weighted by atomic mass is 35.5. The molecular formula is C21H32ClN5O2. The summed E-state index contributed by atoms with van der Waals surface area (Å²) >= 11 is 0. The highest BCUT2D eigenvalue weighted by Gasteiger charge is 2.16. The minimum Gasteiger partial charge on any atom is -0.351 e. The SMILES string of the molecule is Cc1nn(CC(C)C)c(C)c1CCC(=O)Nc1ccccc1C(=O)NCCN.Cl. The van der Waals surface area contributed by atoms with E-state index in [1.54, 1.807) is 24.3 Å². The van der Waals surface area contributed by atoms with Gasteiger partial charge in [-0.1, -0.05) is 26.0 Å². The Balaban J connectivity index is 0.00000420. The molecule has 29 heavy (non-hydrogen) atoms. The highest BCUT2D eigenvalue weighted by molar-refractivity contribution is 6.03. The first kappa shape index (κ1) is 24.7. The van der Waals surface area contributed by atoms with E-state index in [0.29, 0.717) is 43.1 Å². The molecule has 0 aliphatic carbocycles. The third-order valence-electron chi connectivity index (χ3n) is 4.55. The van der Waals surface area contributed by atoms with Crippen molar-refractivity contribution < 1.29 is 9.59 Å². The molecule has 0 atom stereocenters. The summed E-state index contributed by atoms with van der Waals surface area (Å²) in [4.78, 5) is 24.7. The molecule has 0 bridgehead atoms. The fraction of sp³-hybridized carbons (Fsp3) is 0.476. The van der Waals surface area contributed by atoms with Crippen molar-refractivity contribution in [3.63, 3.8) is 0 Å². The molecule has 160 valence electrons. The minimum absolute atomic E-state index is 0. The van der Waals surface area contributed by atoms with Gasteiger partial charge in [-0.25, -0.2) is 0 Å². The molecule has 0 aliphatic rings. The van der Waals surface area contributed by atoms with Gasteiger partial charge in [-0.2, -0.15) is 5.10 Å². The Morgan fingerprint density at radius 3 is 2.55 bits per heavy atom. The van der Waals surface area contributed by atoms with E-state index in [9.17, 15) is 9.59 Å². The van der Waals surface area contributed by atoms with Crippen molar-refractivity contribution in [2.24, 2.45) is 11.7 Å². The number of nitrogens with two attached hydrogens (primary N) is 1. The van der Waals surface area contributed by atoms with Crippen LogP contribution in [0, 0.1) is 19.8 Å². The Morgan fingerprint density at radius 2 is 1.90 bits per heavy atom. The highest BCUT2D eigenvalue weighted by Crippen LogP contribution is 2.18. The number of hydrogen-bond acceptors (Lipinski definition) is 4. The number of nitrogens with zero attached hydrogens (tertiary/aromatic N) is 2. The number of amides is 2. The predicted octanol–water partition coefficient (Wildman–Crippen LogP) is 2.84. The van der Waals surface area contributed by atoms with Crippen molar-refractivity contribution in [2.75, 3.05) is 18.4 Å². The molecule has 7 nitrogen and oxygen atoms in total. The van der Waals surface area contributed by atoms with Crippen LogP contribution in [-0.2, 0) is 17.8 Å². The number of benzene rings is 1. The number of rotatable bonds is 9. The van der Waals surface area contributed by atoms with E-state index in [-0.39, 0.29) is 24.2 Å². The summed E-state index contributed by atoms with van der Waals surface area (Å²) in [7, 11) is 0. The number of carbonyl (C=O) groups excluding carboxylic acids is 2. The zero-order valence-electron chi connectivity index (χ0n) is 17.6. The largest absolute Gasteiger partial charge is 0.351 e. The second-order valence-electron chi connectivity index (χ2n) is 7.36. The maximum atomic E-state index is 12.5. The molecule has 8 heteroatoms. The van der Waals surface area contributed by atoms with E-state index >= 15 is 0 Å². The van der Waals surface area contributed by atoms with E-state index < -0.39 is 0 Å². The van der Waals surface area contributed by atoms with E-state index in [1.165, 1.54) is 0 Å². The fourth-order valence-electron chi connectivity index (χ4n) is 3.14. The van der Waals surface area contributed by atoms with Crippen LogP contribution in [0.25, 0.3) is 0 Å². The van der Waals surface area contributed by atoms with Crippen LogP contribution in [0.4, 0.5) is 5.69 Å². The van der Waals surface area contributed by atoms with Crippen molar-refractivity contribution in [3.8, 4) is 0 Å². The van der Waals surface area contributed by atoms with Crippen LogP contribution < -0.4 is 16.4 Å². The summed E-state index contributed by atoms with van der Waals surface area (Å²) in [6, 6.07) is 6.97. The van der Waals surface area contributed by atoms with Crippen molar-refractivity contribution in [3.05, 3.63) is 46.8 Å². The summed E-state index contributed by atoms with van der Waals surface area (Å²) in [5.41, 5.74) is 9.56. The Hall–Kier alpha value is -2.38. The number of nitrogens with one attached hydrogen (secondary N) is 2. The summed E-state index contributed by atoms with van der Waals surface area (Å²) in [6.07, 6.45) is 0.941. The average molecular weight is 422 g/mol. The zero-order chi connectivity index (χ0) is 20.7. The lowest BCUT2D eigenvalue weighted by molar-refractivity contribution is -0.116. The maximum absolute atomic E-state index is 12.5. The van der Waals surface area contributed by atoms with Crippen molar-refractivity contribution >= 4 is 29.9 Å². The Kier molecular flexibility index (Phi) is 9.85. The molecular weight excluding hydrogens is 390 g/mol. The third-order valence-corrected chi connectivity index (χ3v) is 4.55. The Morgan fingerprint density at radius 1 is 1.21 bits per heavy atom. The minimum atomic E-state index is -0.247. The molecule has 2 aromatic rings. The van der Waals surface area contributed by atoms with Gasteiger partial charge < -0.3 is 16.4 Å². The molecule has 4 N–H and O–H groups in total. The van der Waals surface area contributed by atoms with Crippen molar-refractivity contribution in [1.82, 2.24) is 15.1 Å². The van der Waals surface area contributed by atoms with Crippen LogP contribution in [-0.4, -0.2) is 34.7 Å². The van der Waals surface area contributed by atoms with E-state index in [4.69, 9.17) is 5.73 Å². The monoisotopic (exact) mass is 421 g/mol. The number of hydrogen-bond donors (Lipinski definition) is 3. The molecule has 0 unspecified atom stereocenters. The van der Waals surface area contributed by atoms with Gasteiger partial charge in [0.2, 0.25) is 5.91 Å². The number of para-hydroxylation sites is 1. The number of anilines is 1. The predicted molar refractivity (Wildman–Crippen MR) is 119 cm³/mol. The fourth-order valence-corrected chi connectivity index (χ4v) is 3.14. The van der Waals surface area contributed by atoms with Gasteiger partial charge in [0.1, 0.15) is 0 Å². The van der Waals surface area contributed by atoms with Gasteiger partial charge in [0.25, 0.3) is 5.91 Å². The lowest BCUT2D eigenvalue weighted by atomic mass is 10.1. The Bertz CT molecular complexity index is 832. The molecule has 0 fully saturated rings. The lowest BCUT2D eigenvalue weighted by Gasteiger charge is -2.11. The second kappa shape index (κ2) is 11.6. The molecule has 0 saturated carbocycles. The van der Waals surface area contributed by atoms with Crippen molar-refractivity contribution in [2.45, 2.75) is 47.1 Å². The third kappa shape index (κ3) is 6.87. The number of aromatic nitrogens is 2. The molecule has 2 rings (SSSR count). The summed E-state index contributed by atoms with van der Waals surface area (Å²) in [5, 5.41) is 10.2. The lowest BCUT2D eigenvalue weighted by Crippen LogP contribution is -2.30. The Labute approximate surface area is 178 Å². The van der Waals surface area contributed by atoms with E-state index in [1.807, 2.05) is 18.5 Å². The molecule has 0 aliphatic heterocycles. The number of aryl methyl sites for hydroxylation is 1. The first-order chi connectivity index (χ1) is 13.3. The first-order valence-electron chi connectivity index (χ1n) is 9.73. The maximum Gasteiger partial charge on any atom is 0.253 e. The molecule has 1 aromatic carbocycles.